The average Bonchev–Trinajstić information content (AvgIpc) is 2.85. The van der Waals surface area contributed by atoms with E-state index in [4.69, 9.17) is 9.68 Å². The van der Waals surface area contributed by atoms with E-state index in [1.807, 2.05) is 6.92 Å². The van der Waals surface area contributed by atoms with Gasteiger partial charge in [0.15, 0.2) is 0 Å². The maximum Gasteiger partial charge on any atom is 0.381 e. The van der Waals surface area contributed by atoms with Gasteiger partial charge in [-0.05, 0) is 39.5 Å². The Morgan fingerprint density at radius 1 is 1.50 bits per heavy atom. The van der Waals surface area contributed by atoms with E-state index in [-0.39, 0.29) is 0 Å². The molecule has 1 fully saturated rings. The zero-order chi connectivity index (χ0) is 11.6. The summed E-state index contributed by atoms with van der Waals surface area (Å²) in [5.74, 6) is -0.465. The lowest BCUT2D eigenvalue weighted by atomic mass is 10.0. The molecule has 1 atom stereocenters. The van der Waals surface area contributed by atoms with Gasteiger partial charge in [-0.2, -0.15) is 0 Å². The van der Waals surface area contributed by atoms with Crippen LogP contribution in [0.25, 0.3) is 0 Å². The van der Waals surface area contributed by atoms with E-state index in [1.165, 1.54) is 0 Å². The Bertz CT molecular complexity index is 354. The van der Waals surface area contributed by atoms with Crippen LogP contribution in [0, 0.1) is 0 Å². The minimum Gasteiger partial charge on any atom is -0.377 e. The molecule has 16 heavy (non-hydrogen) atoms. The molecular formula is C11H16N2O3. The van der Waals surface area contributed by atoms with Crippen LogP contribution in [0.3, 0.4) is 0 Å². The zero-order valence-electron chi connectivity index (χ0n) is 9.65. The van der Waals surface area contributed by atoms with Gasteiger partial charge >= 0.3 is 5.97 Å². The molecule has 0 aromatic heterocycles. The maximum atomic E-state index is 11.7. The Balaban J connectivity index is 1.91. The summed E-state index contributed by atoms with van der Waals surface area (Å²) in [5.41, 5.74) is 0.771. The molecule has 0 amide bonds. The highest BCUT2D eigenvalue weighted by molar-refractivity contribution is 5.92. The molecule has 0 radical (unpaired) electrons. The SMILES string of the molecule is CC1=NOC(C)(C(=O)ON=C2CCCC2)C1. The molecule has 5 heteroatoms. The van der Waals surface area contributed by atoms with Gasteiger partial charge in [0.25, 0.3) is 0 Å². The third-order valence-corrected chi connectivity index (χ3v) is 2.87. The summed E-state index contributed by atoms with van der Waals surface area (Å²) in [5, 5.41) is 7.63. The Morgan fingerprint density at radius 3 is 2.75 bits per heavy atom. The van der Waals surface area contributed by atoms with Crippen molar-refractivity contribution in [2.24, 2.45) is 10.3 Å². The van der Waals surface area contributed by atoms with Crippen LogP contribution < -0.4 is 0 Å². The molecule has 0 saturated heterocycles. The molecular weight excluding hydrogens is 208 g/mol. The predicted octanol–water partition coefficient (Wildman–Crippen LogP) is 2.01. The summed E-state index contributed by atoms with van der Waals surface area (Å²) in [6.07, 6.45) is 4.59. The fourth-order valence-corrected chi connectivity index (χ4v) is 1.92. The Hall–Kier alpha value is -1.39. The second-order valence-corrected chi connectivity index (χ2v) is 4.57. The molecule has 0 aromatic carbocycles. The predicted molar refractivity (Wildman–Crippen MR) is 59.2 cm³/mol. The number of carbonyl (C=O) groups is 1. The van der Waals surface area contributed by atoms with Crippen molar-refractivity contribution >= 4 is 17.4 Å². The van der Waals surface area contributed by atoms with Crippen molar-refractivity contribution in [2.75, 3.05) is 0 Å². The normalized spacial score (nSPS) is 28.6. The molecule has 1 unspecified atom stereocenters. The smallest absolute Gasteiger partial charge is 0.377 e. The van der Waals surface area contributed by atoms with E-state index in [2.05, 4.69) is 10.3 Å². The molecule has 0 bridgehead atoms. The highest BCUT2D eigenvalue weighted by atomic mass is 16.7. The van der Waals surface area contributed by atoms with Crippen LogP contribution in [0.2, 0.25) is 0 Å². The first kappa shape index (κ1) is 11.1. The van der Waals surface area contributed by atoms with Gasteiger partial charge in [-0.25, -0.2) is 4.79 Å². The van der Waals surface area contributed by atoms with Gasteiger partial charge in [0.2, 0.25) is 5.60 Å². The fourth-order valence-electron chi connectivity index (χ4n) is 1.92. The number of hydrogen-bond donors (Lipinski definition) is 0. The number of oxime groups is 2. The van der Waals surface area contributed by atoms with Crippen molar-refractivity contribution in [3.8, 4) is 0 Å². The highest BCUT2D eigenvalue weighted by Crippen LogP contribution is 2.25. The van der Waals surface area contributed by atoms with Crippen molar-refractivity contribution in [3.05, 3.63) is 0 Å². The van der Waals surface area contributed by atoms with Crippen molar-refractivity contribution < 1.29 is 14.5 Å². The molecule has 1 aliphatic carbocycles. The third kappa shape index (κ3) is 2.23. The maximum absolute atomic E-state index is 11.7. The van der Waals surface area contributed by atoms with Crippen molar-refractivity contribution in [1.29, 1.82) is 0 Å². The molecule has 5 nitrogen and oxygen atoms in total. The molecule has 2 rings (SSSR count). The van der Waals surface area contributed by atoms with Crippen molar-refractivity contribution in [2.45, 2.75) is 51.6 Å². The lowest BCUT2D eigenvalue weighted by molar-refractivity contribution is -0.167. The lowest BCUT2D eigenvalue weighted by Crippen LogP contribution is -2.36. The van der Waals surface area contributed by atoms with E-state index >= 15 is 0 Å². The standard InChI is InChI=1S/C11H16N2O3/c1-8-7-11(2,16-12-8)10(14)15-13-9-5-3-4-6-9/h3-7H2,1-2H3. The molecule has 2 aliphatic rings. The second kappa shape index (κ2) is 4.23. The Morgan fingerprint density at radius 2 is 2.19 bits per heavy atom. The van der Waals surface area contributed by atoms with Gasteiger partial charge in [-0.3, -0.25) is 0 Å². The van der Waals surface area contributed by atoms with Crippen LogP contribution in [-0.2, 0) is 14.5 Å². The largest absolute Gasteiger partial charge is 0.381 e. The quantitative estimate of drug-likeness (QED) is 0.532. The minimum absolute atomic E-state index is 0.465. The zero-order valence-corrected chi connectivity index (χ0v) is 9.65. The second-order valence-electron chi connectivity index (χ2n) is 4.57. The number of nitrogens with zero attached hydrogens (tertiary/aromatic N) is 2. The van der Waals surface area contributed by atoms with Crippen molar-refractivity contribution in [1.82, 2.24) is 0 Å². The summed E-state index contributed by atoms with van der Waals surface area (Å²) in [4.78, 5) is 21.7. The number of carbonyl (C=O) groups excluding carboxylic acids is 1. The van der Waals surface area contributed by atoms with E-state index < -0.39 is 11.6 Å². The summed E-state index contributed by atoms with van der Waals surface area (Å²) >= 11 is 0. The monoisotopic (exact) mass is 224 g/mol. The van der Waals surface area contributed by atoms with E-state index in [0.29, 0.717) is 6.42 Å². The van der Waals surface area contributed by atoms with E-state index in [0.717, 1.165) is 37.1 Å². The first-order chi connectivity index (χ1) is 7.60. The van der Waals surface area contributed by atoms with Crippen molar-refractivity contribution in [3.63, 3.8) is 0 Å². The van der Waals surface area contributed by atoms with Crippen LogP contribution >= 0.6 is 0 Å². The number of rotatable bonds is 2. The van der Waals surface area contributed by atoms with Gasteiger partial charge in [-0.1, -0.05) is 10.3 Å². The summed E-state index contributed by atoms with van der Waals surface area (Å²) in [6.45, 7) is 3.49. The first-order valence-corrected chi connectivity index (χ1v) is 5.59. The van der Waals surface area contributed by atoms with Crippen LogP contribution in [0.5, 0.6) is 0 Å². The molecule has 1 saturated carbocycles. The molecule has 0 aromatic rings. The summed E-state index contributed by atoms with van der Waals surface area (Å²) in [6, 6.07) is 0. The highest BCUT2D eigenvalue weighted by Gasteiger charge is 2.43. The van der Waals surface area contributed by atoms with Gasteiger partial charge in [0.1, 0.15) is 0 Å². The van der Waals surface area contributed by atoms with Gasteiger partial charge in [0, 0.05) is 6.42 Å². The minimum atomic E-state index is -0.993. The van der Waals surface area contributed by atoms with Gasteiger partial charge in [-0.15, -0.1) is 0 Å². The van der Waals surface area contributed by atoms with Gasteiger partial charge < -0.3 is 9.68 Å². The van der Waals surface area contributed by atoms with Crippen LogP contribution in [0.4, 0.5) is 0 Å². The fraction of sp³-hybridized carbons (Fsp3) is 0.727. The van der Waals surface area contributed by atoms with E-state index in [1.54, 1.807) is 6.92 Å². The summed E-state index contributed by atoms with van der Waals surface area (Å²) in [7, 11) is 0. The molecule has 0 N–H and O–H groups in total. The summed E-state index contributed by atoms with van der Waals surface area (Å²) < 4.78 is 0. The molecule has 88 valence electrons. The van der Waals surface area contributed by atoms with E-state index in [9.17, 15) is 4.79 Å². The molecule has 1 heterocycles. The Kier molecular flexibility index (Phi) is 2.94. The van der Waals surface area contributed by atoms with Crippen LogP contribution in [0.15, 0.2) is 10.3 Å². The van der Waals surface area contributed by atoms with Crippen LogP contribution in [-0.4, -0.2) is 23.0 Å². The average molecular weight is 224 g/mol. The molecule has 0 spiro atoms. The number of hydrogen-bond acceptors (Lipinski definition) is 5. The van der Waals surface area contributed by atoms with Crippen LogP contribution in [0.1, 0.15) is 46.0 Å². The first-order valence-electron chi connectivity index (χ1n) is 5.59. The molecule has 1 aliphatic heterocycles. The topological polar surface area (TPSA) is 60.2 Å². The third-order valence-electron chi connectivity index (χ3n) is 2.87. The van der Waals surface area contributed by atoms with Gasteiger partial charge in [0.05, 0.1) is 11.4 Å². The lowest BCUT2D eigenvalue weighted by Gasteiger charge is -2.16. The Labute approximate surface area is 94.5 Å².